The molecule has 114 valence electrons. The molecule has 0 radical (unpaired) electrons. The normalized spacial score (nSPS) is 19.9. The summed E-state index contributed by atoms with van der Waals surface area (Å²) in [6, 6.07) is 0.597. The smallest absolute Gasteiger partial charge is 0.306 e. The Morgan fingerprint density at radius 3 is 2.65 bits per heavy atom. The summed E-state index contributed by atoms with van der Waals surface area (Å²) in [7, 11) is 0. The Labute approximate surface area is 121 Å². The fourth-order valence-corrected chi connectivity index (χ4v) is 2.41. The van der Waals surface area contributed by atoms with Crippen molar-refractivity contribution < 1.29 is 9.53 Å². The van der Waals surface area contributed by atoms with Gasteiger partial charge < -0.3 is 15.4 Å². The van der Waals surface area contributed by atoms with Crippen molar-refractivity contribution in [3.63, 3.8) is 0 Å². The maximum atomic E-state index is 11.7. The Bertz CT molecular complexity index is 334. The van der Waals surface area contributed by atoms with Crippen molar-refractivity contribution in [3.8, 4) is 0 Å². The Morgan fingerprint density at radius 2 is 2.00 bits per heavy atom. The van der Waals surface area contributed by atoms with E-state index in [1.54, 1.807) is 0 Å². The molecule has 0 aromatic rings. The van der Waals surface area contributed by atoms with Crippen molar-refractivity contribution >= 4 is 11.9 Å². The zero-order chi connectivity index (χ0) is 14.2. The molecule has 0 aromatic heterocycles. The Hall–Kier alpha value is -1.26. The molecular weight excluding hydrogens is 254 g/mol. The van der Waals surface area contributed by atoms with Crippen LogP contribution >= 0.6 is 0 Å². The molecule has 20 heavy (non-hydrogen) atoms. The average molecular weight is 281 g/mol. The van der Waals surface area contributed by atoms with Crippen LogP contribution in [0, 0.1) is 0 Å². The fourth-order valence-electron chi connectivity index (χ4n) is 2.41. The molecule has 0 bridgehead atoms. The molecule has 0 atom stereocenters. The van der Waals surface area contributed by atoms with Crippen molar-refractivity contribution in [2.75, 3.05) is 13.1 Å². The van der Waals surface area contributed by atoms with Crippen LogP contribution in [0.4, 0.5) is 0 Å². The zero-order valence-electron chi connectivity index (χ0n) is 12.5. The number of esters is 1. The maximum absolute atomic E-state index is 11.7. The molecule has 0 aromatic carbocycles. The molecule has 0 saturated heterocycles. The largest absolute Gasteiger partial charge is 0.462 e. The first kappa shape index (κ1) is 15.1. The van der Waals surface area contributed by atoms with Gasteiger partial charge in [0.2, 0.25) is 0 Å². The molecule has 0 spiro atoms. The van der Waals surface area contributed by atoms with Crippen LogP contribution in [0.25, 0.3) is 0 Å². The van der Waals surface area contributed by atoms with Crippen molar-refractivity contribution in [1.82, 2.24) is 10.6 Å². The summed E-state index contributed by atoms with van der Waals surface area (Å²) >= 11 is 0. The van der Waals surface area contributed by atoms with Gasteiger partial charge in [-0.3, -0.25) is 9.79 Å². The number of aliphatic imine (C=N–C) groups is 1. The van der Waals surface area contributed by atoms with Crippen LogP contribution < -0.4 is 10.6 Å². The number of hydrogen-bond donors (Lipinski definition) is 2. The molecule has 5 nitrogen and oxygen atoms in total. The zero-order valence-corrected chi connectivity index (χ0v) is 12.5. The summed E-state index contributed by atoms with van der Waals surface area (Å²) in [6.45, 7) is 3.59. The third-order valence-electron chi connectivity index (χ3n) is 3.67. The number of nitrogens with zero attached hydrogens (tertiary/aromatic N) is 1. The Balaban J connectivity index is 1.59. The number of hydrogen-bond acceptors (Lipinski definition) is 3. The lowest BCUT2D eigenvalue weighted by atomic mass is 10.3. The van der Waals surface area contributed by atoms with E-state index < -0.39 is 0 Å². The van der Waals surface area contributed by atoms with E-state index in [9.17, 15) is 4.79 Å². The van der Waals surface area contributed by atoms with E-state index in [2.05, 4.69) is 22.5 Å². The molecule has 5 heteroatoms. The van der Waals surface area contributed by atoms with E-state index in [1.807, 2.05) is 0 Å². The van der Waals surface area contributed by atoms with Gasteiger partial charge in [0.25, 0.3) is 0 Å². The van der Waals surface area contributed by atoms with Crippen LogP contribution in [-0.2, 0) is 9.53 Å². The number of nitrogens with one attached hydrogen (secondary N) is 2. The topological polar surface area (TPSA) is 62.7 Å². The third kappa shape index (κ3) is 5.80. The summed E-state index contributed by atoms with van der Waals surface area (Å²) in [5.74, 6) is 0.811. The molecule has 0 aliphatic heterocycles. The highest BCUT2D eigenvalue weighted by Crippen LogP contribution is 2.21. The van der Waals surface area contributed by atoms with Gasteiger partial charge in [-0.1, -0.05) is 0 Å². The quantitative estimate of drug-likeness (QED) is 0.324. The number of ether oxygens (including phenoxy) is 1. The van der Waals surface area contributed by atoms with E-state index >= 15 is 0 Å². The third-order valence-corrected chi connectivity index (χ3v) is 3.67. The summed E-state index contributed by atoms with van der Waals surface area (Å²) in [6.07, 6.45) is 8.35. The van der Waals surface area contributed by atoms with E-state index in [-0.39, 0.29) is 12.1 Å². The SMILES string of the molecule is CCNC(=NCCCC(=O)OC1CCCC1)NC1CC1. The van der Waals surface area contributed by atoms with Gasteiger partial charge in [0.1, 0.15) is 6.10 Å². The second-order valence-electron chi connectivity index (χ2n) is 5.68. The van der Waals surface area contributed by atoms with Crippen molar-refractivity contribution in [2.45, 2.75) is 70.4 Å². The first-order valence-corrected chi connectivity index (χ1v) is 8.02. The fraction of sp³-hybridized carbons (Fsp3) is 0.867. The lowest BCUT2D eigenvalue weighted by Crippen LogP contribution is -2.38. The summed E-state index contributed by atoms with van der Waals surface area (Å²) < 4.78 is 5.42. The molecule has 2 aliphatic rings. The molecule has 2 aliphatic carbocycles. The van der Waals surface area contributed by atoms with Gasteiger partial charge in [-0.25, -0.2) is 0 Å². The van der Waals surface area contributed by atoms with Gasteiger partial charge in [0.05, 0.1) is 0 Å². The minimum Gasteiger partial charge on any atom is -0.462 e. The molecule has 2 N–H and O–H groups in total. The standard InChI is InChI=1S/C15H27N3O2/c1-2-16-15(18-12-9-10-12)17-11-5-8-14(19)20-13-6-3-4-7-13/h12-13H,2-11H2,1H3,(H2,16,17,18). The number of guanidine groups is 1. The number of carbonyl (C=O) groups excluding carboxylic acids is 1. The lowest BCUT2D eigenvalue weighted by Gasteiger charge is -2.11. The highest BCUT2D eigenvalue weighted by Gasteiger charge is 2.22. The van der Waals surface area contributed by atoms with E-state index in [0.717, 1.165) is 31.8 Å². The van der Waals surface area contributed by atoms with Crippen molar-refractivity contribution in [3.05, 3.63) is 0 Å². The highest BCUT2D eigenvalue weighted by molar-refractivity contribution is 5.80. The monoisotopic (exact) mass is 281 g/mol. The van der Waals surface area contributed by atoms with Gasteiger partial charge in [0, 0.05) is 25.6 Å². The van der Waals surface area contributed by atoms with E-state index in [1.165, 1.54) is 25.7 Å². The minimum absolute atomic E-state index is 0.0627. The van der Waals surface area contributed by atoms with Crippen molar-refractivity contribution in [1.29, 1.82) is 0 Å². The van der Waals surface area contributed by atoms with Gasteiger partial charge in [0.15, 0.2) is 5.96 Å². The molecule has 2 rings (SSSR count). The van der Waals surface area contributed by atoms with Crippen LogP contribution in [0.5, 0.6) is 0 Å². The molecule has 2 saturated carbocycles. The van der Waals surface area contributed by atoms with Gasteiger partial charge in [-0.15, -0.1) is 0 Å². The predicted octanol–water partition coefficient (Wildman–Crippen LogP) is 1.97. The van der Waals surface area contributed by atoms with Crippen LogP contribution in [0.1, 0.15) is 58.3 Å². The first-order valence-electron chi connectivity index (χ1n) is 8.02. The van der Waals surface area contributed by atoms with Gasteiger partial charge in [-0.05, 0) is 51.9 Å². The molecule has 0 unspecified atom stereocenters. The lowest BCUT2D eigenvalue weighted by molar-refractivity contribution is -0.148. The Morgan fingerprint density at radius 1 is 1.25 bits per heavy atom. The minimum atomic E-state index is -0.0627. The molecule has 0 heterocycles. The Kier molecular flexibility index (Phi) is 6.15. The molecule has 0 amide bonds. The second-order valence-corrected chi connectivity index (χ2v) is 5.68. The number of carbonyl (C=O) groups is 1. The van der Waals surface area contributed by atoms with E-state index in [0.29, 0.717) is 19.0 Å². The second kappa shape index (κ2) is 8.12. The summed E-state index contributed by atoms with van der Waals surface area (Å²) in [5, 5.41) is 6.58. The van der Waals surface area contributed by atoms with Gasteiger partial charge in [-0.2, -0.15) is 0 Å². The number of rotatable bonds is 7. The average Bonchev–Trinajstić information content (AvgIpc) is 3.09. The van der Waals surface area contributed by atoms with Gasteiger partial charge >= 0.3 is 5.97 Å². The molecule has 2 fully saturated rings. The highest BCUT2D eigenvalue weighted by atomic mass is 16.5. The summed E-state index contributed by atoms with van der Waals surface area (Å²) in [5.41, 5.74) is 0. The van der Waals surface area contributed by atoms with Crippen molar-refractivity contribution in [2.24, 2.45) is 4.99 Å². The molecular formula is C15H27N3O2. The maximum Gasteiger partial charge on any atom is 0.306 e. The predicted molar refractivity (Wildman–Crippen MR) is 79.7 cm³/mol. The van der Waals surface area contributed by atoms with Crippen LogP contribution in [-0.4, -0.2) is 37.2 Å². The van der Waals surface area contributed by atoms with E-state index in [4.69, 9.17) is 4.74 Å². The van der Waals surface area contributed by atoms with Crippen LogP contribution in [0.2, 0.25) is 0 Å². The van der Waals surface area contributed by atoms with Crippen LogP contribution in [0.15, 0.2) is 4.99 Å². The first-order chi connectivity index (χ1) is 9.78. The van der Waals surface area contributed by atoms with Crippen LogP contribution in [0.3, 0.4) is 0 Å². The summed E-state index contributed by atoms with van der Waals surface area (Å²) in [4.78, 5) is 16.1.